The van der Waals surface area contributed by atoms with Crippen LogP contribution in [0.4, 0.5) is 0 Å². The third-order valence-corrected chi connectivity index (χ3v) is 1.94. The van der Waals surface area contributed by atoms with Crippen LogP contribution in [0.3, 0.4) is 0 Å². The summed E-state index contributed by atoms with van der Waals surface area (Å²) >= 11 is 1.51. The minimum absolute atomic E-state index is 0.0694. The van der Waals surface area contributed by atoms with E-state index in [1.165, 1.54) is 11.8 Å². The van der Waals surface area contributed by atoms with Gasteiger partial charge in [-0.25, -0.2) is 0 Å². The number of carbonyl (C=O) groups is 1. The summed E-state index contributed by atoms with van der Waals surface area (Å²) < 4.78 is 5.02. The summed E-state index contributed by atoms with van der Waals surface area (Å²) in [6.45, 7) is 1.87. The number of Topliss-reactive ketones (excluding diaryl/α,β-unsaturated/α-hetero) is 1. The summed E-state index contributed by atoms with van der Waals surface area (Å²) in [4.78, 5) is 11.2. The summed E-state index contributed by atoms with van der Waals surface area (Å²) in [5, 5.41) is 0. The number of rotatable bonds is 3. The smallest absolute Gasteiger partial charge is 0.208 e. The van der Waals surface area contributed by atoms with Crippen LogP contribution in [0.15, 0.2) is 16.7 Å². The van der Waals surface area contributed by atoms with Gasteiger partial charge in [0.1, 0.15) is 0 Å². The third kappa shape index (κ3) is 1.87. The zero-order valence-electron chi connectivity index (χ0n) is 6.59. The van der Waals surface area contributed by atoms with Gasteiger partial charge in [-0.1, -0.05) is 0 Å². The Kier molecular flexibility index (Phi) is 2.76. The fourth-order valence-corrected chi connectivity index (χ4v) is 1.25. The molecular formula is C8H10O2S. The van der Waals surface area contributed by atoms with Crippen molar-refractivity contribution < 1.29 is 9.21 Å². The molecule has 1 aromatic rings. The Morgan fingerprint density at radius 2 is 2.45 bits per heavy atom. The zero-order valence-corrected chi connectivity index (χ0v) is 7.40. The second-order valence-electron chi connectivity index (χ2n) is 2.29. The van der Waals surface area contributed by atoms with Gasteiger partial charge in [0.15, 0.2) is 5.76 Å². The van der Waals surface area contributed by atoms with Crippen molar-refractivity contribution in [3.8, 4) is 0 Å². The fraction of sp³-hybridized carbons (Fsp3) is 0.375. The van der Waals surface area contributed by atoms with Crippen LogP contribution in [0.5, 0.6) is 0 Å². The predicted octanol–water partition coefficient (Wildman–Crippen LogP) is 2.13. The van der Waals surface area contributed by atoms with Gasteiger partial charge >= 0.3 is 0 Å². The van der Waals surface area contributed by atoms with E-state index in [2.05, 4.69) is 0 Å². The highest BCUT2D eigenvalue weighted by atomic mass is 32.2. The van der Waals surface area contributed by atoms with Gasteiger partial charge in [-0.05, 0) is 24.8 Å². The average Bonchev–Trinajstić information content (AvgIpc) is 2.36. The molecule has 11 heavy (non-hydrogen) atoms. The van der Waals surface area contributed by atoms with Gasteiger partial charge < -0.3 is 4.42 Å². The maximum Gasteiger partial charge on any atom is 0.208 e. The van der Waals surface area contributed by atoms with Gasteiger partial charge in [-0.15, -0.1) is 0 Å². The number of hydrogen-bond acceptors (Lipinski definition) is 3. The first-order valence-corrected chi connectivity index (χ1v) is 4.71. The molecule has 2 nitrogen and oxygen atoms in total. The van der Waals surface area contributed by atoms with Crippen molar-refractivity contribution in [3.63, 3.8) is 0 Å². The van der Waals surface area contributed by atoms with Crippen LogP contribution in [0, 0.1) is 6.92 Å². The minimum Gasteiger partial charge on any atom is -0.461 e. The van der Waals surface area contributed by atoms with E-state index in [-0.39, 0.29) is 5.78 Å². The number of hydrogen-bond donors (Lipinski definition) is 0. The number of aryl methyl sites for hydroxylation is 1. The Morgan fingerprint density at radius 1 is 1.73 bits per heavy atom. The summed E-state index contributed by atoms with van der Waals surface area (Å²) in [5.74, 6) is 1.06. The first kappa shape index (κ1) is 8.40. The molecule has 0 atom stereocenters. The maximum atomic E-state index is 11.2. The van der Waals surface area contributed by atoms with E-state index in [0.29, 0.717) is 11.5 Å². The van der Waals surface area contributed by atoms with E-state index in [9.17, 15) is 4.79 Å². The Morgan fingerprint density at radius 3 is 2.91 bits per heavy atom. The highest BCUT2D eigenvalue weighted by Crippen LogP contribution is 2.11. The lowest BCUT2D eigenvalue weighted by Crippen LogP contribution is -2.01. The standard InChI is InChI=1S/C8H10O2S/c1-6-3-4-10-8(6)7(9)5-11-2/h3-4H,5H2,1-2H3. The predicted molar refractivity (Wildman–Crippen MR) is 46.2 cm³/mol. The minimum atomic E-state index is 0.0694. The van der Waals surface area contributed by atoms with Crippen molar-refractivity contribution in [3.05, 3.63) is 23.7 Å². The topological polar surface area (TPSA) is 30.2 Å². The van der Waals surface area contributed by atoms with Crippen LogP contribution in [0.2, 0.25) is 0 Å². The SMILES string of the molecule is CSCC(=O)c1occc1C. The summed E-state index contributed by atoms with van der Waals surface area (Å²) in [5.41, 5.74) is 0.920. The lowest BCUT2D eigenvalue weighted by atomic mass is 10.2. The molecule has 3 heteroatoms. The molecule has 0 radical (unpaired) electrons. The van der Waals surface area contributed by atoms with Crippen molar-refractivity contribution in [2.75, 3.05) is 12.0 Å². The first-order chi connectivity index (χ1) is 5.25. The molecule has 0 amide bonds. The van der Waals surface area contributed by atoms with Crippen LogP contribution in [0.1, 0.15) is 16.1 Å². The summed E-state index contributed by atoms with van der Waals surface area (Å²) in [7, 11) is 0. The molecule has 0 unspecified atom stereocenters. The van der Waals surface area contributed by atoms with E-state index < -0.39 is 0 Å². The largest absolute Gasteiger partial charge is 0.461 e. The van der Waals surface area contributed by atoms with Gasteiger partial charge in [0.2, 0.25) is 5.78 Å². The lowest BCUT2D eigenvalue weighted by Gasteiger charge is -1.93. The molecule has 0 aliphatic heterocycles. The van der Waals surface area contributed by atoms with Gasteiger partial charge in [0.25, 0.3) is 0 Å². The van der Waals surface area contributed by atoms with Gasteiger partial charge in [0, 0.05) is 0 Å². The van der Waals surface area contributed by atoms with Crippen LogP contribution in [-0.4, -0.2) is 17.8 Å². The molecule has 1 aromatic heterocycles. The lowest BCUT2D eigenvalue weighted by molar-refractivity contribution is 0.0991. The van der Waals surface area contributed by atoms with Crippen LogP contribution in [-0.2, 0) is 0 Å². The zero-order chi connectivity index (χ0) is 8.27. The van der Waals surface area contributed by atoms with Gasteiger partial charge in [-0.2, -0.15) is 11.8 Å². The third-order valence-electron chi connectivity index (χ3n) is 1.39. The van der Waals surface area contributed by atoms with Crippen LogP contribution < -0.4 is 0 Å². The number of ketones is 1. The van der Waals surface area contributed by atoms with E-state index in [1.807, 2.05) is 13.2 Å². The second-order valence-corrected chi connectivity index (χ2v) is 3.15. The monoisotopic (exact) mass is 170 g/mol. The van der Waals surface area contributed by atoms with Crippen LogP contribution in [0.25, 0.3) is 0 Å². The highest BCUT2D eigenvalue weighted by Gasteiger charge is 2.10. The second kappa shape index (κ2) is 3.62. The molecule has 60 valence electrons. The molecule has 0 spiro atoms. The molecule has 0 aliphatic carbocycles. The Bertz CT molecular complexity index is 252. The molecule has 0 bridgehead atoms. The molecule has 0 aliphatic rings. The summed E-state index contributed by atoms with van der Waals surface area (Å²) in [6.07, 6.45) is 3.44. The number of furan rings is 1. The van der Waals surface area contributed by atoms with Crippen molar-refractivity contribution >= 4 is 17.5 Å². The van der Waals surface area contributed by atoms with E-state index >= 15 is 0 Å². The quantitative estimate of drug-likeness (QED) is 0.651. The molecule has 1 rings (SSSR count). The summed E-state index contributed by atoms with van der Waals surface area (Å²) in [6, 6.07) is 1.80. The maximum absolute atomic E-state index is 11.2. The first-order valence-electron chi connectivity index (χ1n) is 3.32. The van der Waals surface area contributed by atoms with Crippen LogP contribution >= 0.6 is 11.8 Å². The molecular weight excluding hydrogens is 160 g/mol. The fourth-order valence-electron chi connectivity index (χ4n) is 0.855. The average molecular weight is 170 g/mol. The molecule has 1 heterocycles. The number of carbonyl (C=O) groups excluding carboxylic acids is 1. The van der Waals surface area contributed by atoms with E-state index in [1.54, 1.807) is 12.3 Å². The van der Waals surface area contributed by atoms with Crippen molar-refractivity contribution in [2.24, 2.45) is 0 Å². The van der Waals surface area contributed by atoms with Crippen molar-refractivity contribution in [1.82, 2.24) is 0 Å². The van der Waals surface area contributed by atoms with Gasteiger partial charge in [-0.3, -0.25) is 4.79 Å². The van der Waals surface area contributed by atoms with Crippen molar-refractivity contribution in [1.29, 1.82) is 0 Å². The highest BCUT2D eigenvalue weighted by molar-refractivity contribution is 7.99. The van der Waals surface area contributed by atoms with E-state index in [0.717, 1.165) is 5.56 Å². The van der Waals surface area contributed by atoms with E-state index in [4.69, 9.17) is 4.42 Å². The number of thioether (sulfide) groups is 1. The molecule has 0 saturated heterocycles. The Balaban J connectivity index is 2.76. The molecule has 0 fully saturated rings. The molecule has 0 N–H and O–H groups in total. The Labute approximate surface area is 70.0 Å². The van der Waals surface area contributed by atoms with Gasteiger partial charge in [0.05, 0.1) is 12.0 Å². The Hall–Kier alpha value is -0.700. The normalized spacial score (nSPS) is 10.0. The van der Waals surface area contributed by atoms with Crippen molar-refractivity contribution in [2.45, 2.75) is 6.92 Å². The molecule has 0 saturated carbocycles. The molecule has 0 aromatic carbocycles.